The summed E-state index contributed by atoms with van der Waals surface area (Å²) >= 11 is 0. The molecular weight excluding hydrogens is 361 g/mol. The first-order valence-electron chi connectivity index (χ1n) is 9.76. The molecule has 148 valence electrons. The second-order valence-electron chi connectivity index (χ2n) is 7.41. The number of furan rings is 1. The maximum atomic E-state index is 13.5. The molecule has 4 rings (SSSR count). The van der Waals surface area contributed by atoms with Gasteiger partial charge in [-0.3, -0.25) is 14.5 Å². The number of carbonyl (C=O) groups excluding carboxylic acids is 2. The predicted molar refractivity (Wildman–Crippen MR) is 102 cm³/mol. The lowest BCUT2D eigenvalue weighted by Crippen LogP contribution is -2.42. The monoisotopic (exact) mass is 385 g/mol. The van der Waals surface area contributed by atoms with Gasteiger partial charge >= 0.3 is 0 Å². The summed E-state index contributed by atoms with van der Waals surface area (Å²) in [7, 11) is 0. The fourth-order valence-electron chi connectivity index (χ4n) is 4.11. The SMILES string of the molecule is O=C1CC(C(=O)NCC(c2ccco2)N2CCCCC2)c2ccc(F)cc2N1. The van der Waals surface area contributed by atoms with Gasteiger partial charge in [0.2, 0.25) is 11.8 Å². The fraction of sp³-hybridized carbons (Fsp3) is 0.429. The molecule has 2 aromatic rings. The van der Waals surface area contributed by atoms with E-state index in [1.807, 2.05) is 12.1 Å². The van der Waals surface area contributed by atoms with E-state index in [0.29, 0.717) is 17.8 Å². The first kappa shape index (κ1) is 18.7. The molecule has 2 aliphatic heterocycles. The number of likely N-dealkylation sites (tertiary alicyclic amines) is 1. The molecule has 0 saturated carbocycles. The van der Waals surface area contributed by atoms with Gasteiger partial charge < -0.3 is 15.1 Å². The minimum atomic E-state index is -0.622. The number of anilines is 1. The average Bonchev–Trinajstić information content (AvgIpc) is 3.22. The van der Waals surface area contributed by atoms with Gasteiger partial charge in [-0.15, -0.1) is 0 Å². The number of piperidine rings is 1. The van der Waals surface area contributed by atoms with Gasteiger partial charge in [0, 0.05) is 18.7 Å². The van der Waals surface area contributed by atoms with Crippen LogP contribution in [0.5, 0.6) is 0 Å². The fourth-order valence-corrected chi connectivity index (χ4v) is 4.11. The second-order valence-corrected chi connectivity index (χ2v) is 7.41. The van der Waals surface area contributed by atoms with E-state index in [9.17, 15) is 14.0 Å². The Morgan fingerprint density at radius 1 is 1.29 bits per heavy atom. The van der Waals surface area contributed by atoms with Crippen LogP contribution in [0.2, 0.25) is 0 Å². The van der Waals surface area contributed by atoms with Gasteiger partial charge in [-0.1, -0.05) is 12.5 Å². The van der Waals surface area contributed by atoms with Crippen molar-refractivity contribution in [3.05, 3.63) is 53.7 Å². The summed E-state index contributed by atoms with van der Waals surface area (Å²) in [5, 5.41) is 5.64. The molecule has 1 aromatic carbocycles. The normalized spacial score (nSPS) is 20.9. The number of fused-ring (bicyclic) bond motifs is 1. The summed E-state index contributed by atoms with van der Waals surface area (Å²) in [4.78, 5) is 27.2. The van der Waals surface area contributed by atoms with E-state index < -0.39 is 11.7 Å². The van der Waals surface area contributed by atoms with Crippen LogP contribution in [0.1, 0.15) is 49.0 Å². The number of nitrogens with one attached hydrogen (secondary N) is 2. The summed E-state index contributed by atoms with van der Waals surface area (Å²) in [6.45, 7) is 2.34. The molecule has 1 fully saturated rings. The molecule has 0 spiro atoms. The van der Waals surface area contributed by atoms with Gasteiger partial charge in [0.05, 0.1) is 18.2 Å². The highest BCUT2D eigenvalue weighted by Gasteiger charge is 2.32. The number of halogens is 1. The minimum Gasteiger partial charge on any atom is -0.468 e. The number of hydrogen-bond acceptors (Lipinski definition) is 4. The lowest BCUT2D eigenvalue weighted by Gasteiger charge is -2.34. The largest absolute Gasteiger partial charge is 0.468 e. The van der Waals surface area contributed by atoms with Crippen LogP contribution in [0.15, 0.2) is 41.0 Å². The summed E-state index contributed by atoms with van der Waals surface area (Å²) < 4.78 is 19.1. The van der Waals surface area contributed by atoms with Gasteiger partial charge in [0.1, 0.15) is 11.6 Å². The van der Waals surface area contributed by atoms with Crippen molar-refractivity contribution in [3.8, 4) is 0 Å². The van der Waals surface area contributed by atoms with Crippen molar-refractivity contribution in [2.75, 3.05) is 25.0 Å². The van der Waals surface area contributed by atoms with Crippen LogP contribution in [-0.2, 0) is 9.59 Å². The zero-order valence-corrected chi connectivity index (χ0v) is 15.6. The van der Waals surface area contributed by atoms with E-state index in [1.165, 1.54) is 18.6 Å². The first-order valence-corrected chi connectivity index (χ1v) is 9.76. The lowest BCUT2D eigenvalue weighted by molar-refractivity contribution is -0.126. The van der Waals surface area contributed by atoms with Crippen LogP contribution in [0.4, 0.5) is 10.1 Å². The summed E-state index contributed by atoms with van der Waals surface area (Å²) in [6.07, 6.45) is 5.18. The maximum absolute atomic E-state index is 13.5. The Hall–Kier alpha value is -2.67. The smallest absolute Gasteiger partial charge is 0.228 e. The molecule has 2 atom stereocenters. The number of hydrogen-bond donors (Lipinski definition) is 2. The van der Waals surface area contributed by atoms with Crippen molar-refractivity contribution in [1.29, 1.82) is 0 Å². The van der Waals surface area contributed by atoms with E-state index in [0.717, 1.165) is 31.7 Å². The molecule has 2 aliphatic rings. The van der Waals surface area contributed by atoms with E-state index in [4.69, 9.17) is 4.42 Å². The molecule has 28 heavy (non-hydrogen) atoms. The van der Waals surface area contributed by atoms with Gasteiger partial charge in [-0.2, -0.15) is 0 Å². The van der Waals surface area contributed by atoms with Crippen molar-refractivity contribution in [1.82, 2.24) is 10.2 Å². The number of benzene rings is 1. The molecule has 3 heterocycles. The third-order valence-corrected chi connectivity index (χ3v) is 5.54. The van der Waals surface area contributed by atoms with Crippen LogP contribution >= 0.6 is 0 Å². The van der Waals surface area contributed by atoms with Crippen LogP contribution in [0.25, 0.3) is 0 Å². The van der Waals surface area contributed by atoms with Crippen molar-refractivity contribution < 1.29 is 18.4 Å². The zero-order valence-electron chi connectivity index (χ0n) is 15.6. The third-order valence-electron chi connectivity index (χ3n) is 5.54. The van der Waals surface area contributed by atoms with E-state index in [2.05, 4.69) is 15.5 Å². The van der Waals surface area contributed by atoms with Crippen molar-refractivity contribution in [3.63, 3.8) is 0 Å². The van der Waals surface area contributed by atoms with Crippen molar-refractivity contribution in [2.24, 2.45) is 0 Å². The molecule has 1 saturated heterocycles. The van der Waals surface area contributed by atoms with Crippen LogP contribution in [0, 0.1) is 5.82 Å². The standard InChI is InChI=1S/C21H24FN3O3/c22-14-6-7-15-16(12-20(26)24-17(15)11-14)21(27)23-13-18(19-5-4-10-28-19)25-8-2-1-3-9-25/h4-7,10-11,16,18H,1-3,8-9,12-13H2,(H,23,27)(H,24,26). The highest BCUT2D eigenvalue weighted by Crippen LogP contribution is 2.33. The second kappa shape index (κ2) is 8.14. The molecule has 0 aliphatic carbocycles. The quantitative estimate of drug-likeness (QED) is 0.829. The van der Waals surface area contributed by atoms with Crippen LogP contribution < -0.4 is 10.6 Å². The topological polar surface area (TPSA) is 74.6 Å². The molecule has 0 radical (unpaired) electrons. The molecule has 2 amide bonds. The number of amides is 2. The van der Waals surface area contributed by atoms with E-state index >= 15 is 0 Å². The lowest BCUT2D eigenvalue weighted by atomic mass is 9.89. The number of rotatable bonds is 5. The average molecular weight is 385 g/mol. The summed E-state index contributed by atoms with van der Waals surface area (Å²) in [6, 6.07) is 7.89. The van der Waals surface area contributed by atoms with Crippen molar-refractivity contribution >= 4 is 17.5 Å². The Labute approximate surface area is 163 Å². The Balaban J connectivity index is 1.49. The molecule has 7 heteroatoms. The third kappa shape index (κ3) is 3.94. The van der Waals surface area contributed by atoms with Crippen LogP contribution in [-0.4, -0.2) is 36.3 Å². The number of nitrogens with zero attached hydrogens (tertiary/aromatic N) is 1. The highest BCUT2D eigenvalue weighted by molar-refractivity contribution is 6.01. The Morgan fingerprint density at radius 3 is 2.86 bits per heavy atom. The molecule has 2 N–H and O–H groups in total. The molecular formula is C21H24FN3O3. The zero-order chi connectivity index (χ0) is 19.5. The Kier molecular flexibility index (Phi) is 5.43. The maximum Gasteiger partial charge on any atom is 0.228 e. The predicted octanol–water partition coefficient (Wildman–Crippen LogP) is 3.19. The summed E-state index contributed by atoms with van der Waals surface area (Å²) in [5.74, 6) is -0.745. The minimum absolute atomic E-state index is 0.0376. The Morgan fingerprint density at radius 2 is 2.11 bits per heavy atom. The van der Waals surface area contributed by atoms with E-state index in [1.54, 1.807) is 12.3 Å². The van der Waals surface area contributed by atoms with E-state index in [-0.39, 0.29) is 24.3 Å². The van der Waals surface area contributed by atoms with Crippen molar-refractivity contribution in [2.45, 2.75) is 37.6 Å². The van der Waals surface area contributed by atoms with Crippen LogP contribution in [0.3, 0.4) is 0 Å². The molecule has 2 unspecified atom stereocenters. The number of carbonyl (C=O) groups is 2. The molecule has 1 aromatic heterocycles. The highest BCUT2D eigenvalue weighted by atomic mass is 19.1. The first-order chi connectivity index (χ1) is 13.6. The molecule has 6 nitrogen and oxygen atoms in total. The molecule has 0 bridgehead atoms. The summed E-state index contributed by atoms with van der Waals surface area (Å²) in [5.41, 5.74) is 1.01. The van der Waals surface area contributed by atoms with Gasteiger partial charge in [0.15, 0.2) is 0 Å². The van der Waals surface area contributed by atoms with Gasteiger partial charge in [0.25, 0.3) is 0 Å². The van der Waals surface area contributed by atoms with Gasteiger partial charge in [-0.05, 0) is 55.8 Å². The van der Waals surface area contributed by atoms with Gasteiger partial charge in [-0.25, -0.2) is 4.39 Å². The Bertz CT molecular complexity index is 847.